The zero-order valence-corrected chi connectivity index (χ0v) is 30.4. The van der Waals surface area contributed by atoms with Crippen molar-refractivity contribution in [1.82, 2.24) is 19.8 Å². The van der Waals surface area contributed by atoms with Crippen LogP contribution in [0.1, 0.15) is 63.8 Å². The number of carbonyl (C=O) groups is 2. The Morgan fingerprint density at radius 3 is 1.92 bits per heavy atom. The van der Waals surface area contributed by atoms with E-state index in [-0.39, 0.29) is 24.7 Å². The molecule has 13 heteroatoms. The molecule has 264 valence electrons. The van der Waals surface area contributed by atoms with E-state index < -0.39 is 23.4 Å². The number of aromatic nitrogens is 2. The van der Waals surface area contributed by atoms with E-state index in [0.29, 0.717) is 35.6 Å². The number of aryl methyl sites for hydroxylation is 4. The van der Waals surface area contributed by atoms with Crippen molar-refractivity contribution < 1.29 is 28.5 Å². The van der Waals surface area contributed by atoms with Crippen molar-refractivity contribution in [3.05, 3.63) is 68.6 Å². The predicted molar refractivity (Wildman–Crippen MR) is 188 cm³/mol. The van der Waals surface area contributed by atoms with Crippen LogP contribution >= 0.6 is 0 Å². The number of benzene rings is 2. The lowest BCUT2D eigenvalue weighted by atomic mass is 9.97. The first-order chi connectivity index (χ1) is 22.9. The third kappa shape index (κ3) is 9.30. The first kappa shape index (κ1) is 36.8. The molecule has 0 spiro atoms. The molecular weight excluding hydrogens is 628 g/mol. The SMILES string of the molecule is COc1cc2c(cc1OC)-c1cc(=Nc3c(C)cc(C)cc3C)n(CCN=C(NC(=O)OC(C)(C)C)NC(=O)OC(C)(C)C)c(=O)n1CC2. The van der Waals surface area contributed by atoms with Crippen molar-refractivity contribution in [2.75, 3.05) is 20.8 Å². The van der Waals surface area contributed by atoms with Gasteiger partial charge in [0, 0.05) is 24.7 Å². The molecule has 49 heavy (non-hydrogen) atoms. The van der Waals surface area contributed by atoms with Crippen LogP contribution in [0.25, 0.3) is 11.3 Å². The average molecular weight is 677 g/mol. The number of rotatable bonds is 6. The van der Waals surface area contributed by atoms with Crippen LogP contribution in [0, 0.1) is 20.8 Å². The molecule has 0 aliphatic carbocycles. The fourth-order valence-corrected chi connectivity index (χ4v) is 5.60. The van der Waals surface area contributed by atoms with E-state index in [0.717, 1.165) is 33.5 Å². The number of aliphatic imine (C=N–C) groups is 1. The Morgan fingerprint density at radius 1 is 0.837 bits per heavy atom. The number of nitrogens with zero attached hydrogens (tertiary/aromatic N) is 4. The van der Waals surface area contributed by atoms with Gasteiger partial charge >= 0.3 is 17.9 Å². The van der Waals surface area contributed by atoms with Gasteiger partial charge in [-0.15, -0.1) is 0 Å². The van der Waals surface area contributed by atoms with Crippen molar-refractivity contribution >= 4 is 23.8 Å². The summed E-state index contributed by atoms with van der Waals surface area (Å²) < 4.78 is 25.1. The summed E-state index contributed by atoms with van der Waals surface area (Å²) in [6.45, 7) is 16.8. The molecule has 1 aromatic heterocycles. The van der Waals surface area contributed by atoms with E-state index in [9.17, 15) is 14.4 Å². The van der Waals surface area contributed by atoms with Gasteiger partial charge in [0.1, 0.15) is 16.7 Å². The molecule has 13 nitrogen and oxygen atoms in total. The fraction of sp³-hybridized carbons (Fsp3) is 0.472. The molecule has 0 saturated carbocycles. The first-order valence-electron chi connectivity index (χ1n) is 16.2. The van der Waals surface area contributed by atoms with Gasteiger partial charge in [0.2, 0.25) is 5.96 Å². The van der Waals surface area contributed by atoms with Gasteiger partial charge in [0.05, 0.1) is 32.1 Å². The number of fused-ring (bicyclic) bond motifs is 3. The lowest BCUT2D eigenvalue weighted by Crippen LogP contribution is -2.47. The minimum absolute atomic E-state index is 0.00380. The predicted octanol–water partition coefficient (Wildman–Crippen LogP) is 5.45. The second-order valence-corrected chi connectivity index (χ2v) is 13.9. The molecule has 4 rings (SSSR count). The van der Waals surface area contributed by atoms with Crippen LogP contribution in [0.3, 0.4) is 0 Å². The van der Waals surface area contributed by atoms with Crippen molar-refractivity contribution in [2.45, 2.75) is 93.0 Å². The summed E-state index contributed by atoms with van der Waals surface area (Å²) in [7, 11) is 3.17. The zero-order chi connectivity index (χ0) is 36.3. The molecule has 0 bridgehead atoms. The van der Waals surface area contributed by atoms with E-state index in [1.807, 2.05) is 39.0 Å². The van der Waals surface area contributed by atoms with Gasteiger partial charge < -0.3 is 18.9 Å². The summed E-state index contributed by atoms with van der Waals surface area (Å²) in [6, 6.07) is 9.83. The molecule has 2 aromatic carbocycles. The maximum Gasteiger partial charge on any atom is 0.414 e. The summed E-state index contributed by atoms with van der Waals surface area (Å²) in [6.07, 6.45) is -1.01. The van der Waals surface area contributed by atoms with Gasteiger partial charge in [-0.25, -0.2) is 19.4 Å². The fourth-order valence-electron chi connectivity index (χ4n) is 5.60. The molecule has 0 saturated heterocycles. The Bertz CT molecular complexity index is 1850. The Morgan fingerprint density at radius 2 is 1.39 bits per heavy atom. The summed E-state index contributed by atoms with van der Waals surface area (Å²) in [5.74, 6) is 0.993. The molecule has 0 fully saturated rings. The highest BCUT2D eigenvalue weighted by molar-refractivity contribution is 6.01. The minimum atomic E-state index is -0.810. The lowest BCUT2D eigenvalue weighted by Gasteiger charge is -2.24. The van der Waals surface area contributed by atoms with Crippen molar-refractivity contribution in [3.63, 3.8) is 0 Å². The van der Waals surface area contributed by atoms with Crippen LogP contribution < -0.4 is 31.3 Å². The minimum Gasteiger partial charge on any atom is -0.493 e. The summed E-state index contributed by atoms with van der Waals surface area (Å²) in [5, 5.41) is 4.97. The van der Waals surface area contributed by atoms with Crippen LogP contribution in [-0.4, -0.2) is 59.2 Å². The second kappa shape index (κ2) is 14.6. The number of methoxy groups -OCH3 is 2. The Labute approximate surface area is 287 Å². The van der Waals surface area contributed by atoms with E-state index in [4.69, 9.17) is 23.9 Å². The molecule has 2 N–H and O–H groups in total. The molecule has 0 unspecified atom stereocenters. The van der Waals surface area contributed by atoms with Gasteiger partial charge in [-0.3, -0.25) is 24.8 Å². The smallest absolute Gasteiger partial charge is 0.414 e. The monoisotopic (exact) mass is 676 g/mol. The molecule has 2 amide bonds. The highest BCUT2D eigenvalue weighted by Gasteiger charge is 2.24. The molecule has 0 radical (unpaired) electrons. The van der Waals surface area contributed by atoms with Gasteiger partial charge in [0.15, 0.2) is 11.5 Å². The van der Waals surface area contributed by atoms with E-state index in [2.05, 4.69) is 27.8 Å². The Hall–Kier alpha value is -5.07. The van der Waals surface area contributed by atoms with Crippen LogP contribution in [0.15, 0.2) is 45.1 Å². The maximum atomic E-state index is 14.3. The number of guanidine groups is 1. The van der Waals surface area contributed by atoms with Gasteiger partial charge in [0.25, 0.3) is 0 Å². The van der Waals surface area contributed by atoms with Crippen LogP contribution in [0.4, 0.5) is 15.3 Å². The summed E-state index contributed by atoms with van der Waals surface area (Å²) in [5.41, 5.74) is 4.96. The highest BCUT2D eigenvalue weighted by atomic mass is 16.6. The van der Waals surface area contributed by atoms with Crippen LogP contribution in [0.2, 0.25) is 0 Å². The number of nitrogens with one attached hydrogen (secondary N) is 2. The van der Waals surface area contributed by atoms with Crippen molar-refractivity contribution in [3.8, 4) is 22.8 Å². The highest BCUT2D eigenvalue weighted by Crippen LogP contribution is 2.37. The lowest BCUT2D eigenvalue weighted by molar-refractivity contribution is 0.0545. The quantitative estimate of drug-likeness (QED) is 0.261. The number of amides is 2. The zero-order valence-electron chi connectivity index (χ0n) is 30.4. The largest absolute Gasteiger partial charge is 0.493 e. The second-order valence-electron chi connectivity index (χ2n) is 13.9. The maximum absolute atomic E-state index is 14.3. The van der Waals surface area contributed by atoms with Crippen molar-refractivity contribution in [2.24, 2.45) is 9.98 Å². The normalized spacial score (nSPS) is 12.8. The van der Waals surface area contributed by atoms with E-state index in [1.165, 1.54) is 0 Å². The average Bonchev–Trinajstić information content (AvgIpc) is 2.97. The molecular formula is C36H48N6O7. The third-order valence-electron chi connectivity index (χ3n) is 7.48. The number of alkyl carbamates (subject to hydrolysis) is 2. The molecule has 2 heterocycles. The molecule has 1 aliphatic heterocycles. The molecule has 0 atom stereocenters. The summed E-state index contributed by atoms with van der Waals surface area (Å²) in [4.78, 5) is 49.0. The van der Waals surface area contributed by atoms with Gasteiger partial charge in [-0.1, -0.05) is 17.7 Å². The molecule has 3 aromatic rings. The van der Waals surface area contributed by atoms with E-state index >= 15 is 0 Å². The van der Waals surface area contributed by atoms with Crippen LogP contribution in [-0.2, 0) is 29.0 Å². The number of ether oxygens (including phenoxy) is 4. The van der Waals surface area contributed by atoms with Crippen molar-refractivity contribution in [1.29, 1.82) is 0 Å². The van der Waals surface area contributed by atoms with Crippen LogP contribution in [0.5, 0.6) is 11.5 Å². The number of carbonyl (C=O) groups excluding carboxylic acids is 2. The summed E-state index contributed by atoms with van der Waals surface area (Å²) >= 11 is 0. The number of hydrogen-bond donors (Lipinski definition) is 2. The first-order valence-corrected chi connectivity index (χ1v) is 16.2. The topological polar surface area (TPSA) is 147 Å². The molecule has 1 aliphatic rings. The van der Waals surface area contributed by atoms with E-state index in [1.54, 1.807) is 64.9 Å². The number of hydrogen-bond acceptors (Lipinski definition) is 9. The Balaban J connectivity index is 1.83. The van der Waals surface area contributed by atoms with Gasteiger partial charge in [-0.2, -0.15) is 0 Å². The standard InChI is InChI=1S/C36H48N6O7/c1-21-16-22(2)30(23(3)17-21)38-29-20-26-25-19-28(47-11)27(46-10)18-24(25)12-14-41(26)34(45)42(29)15-13-37-31(39-32(43)48-35(4,5)6)40-33(44)49-36(7,8)9/h16-20H,12-15H2,1-11H3,(H2,37,39,40,43,44). The van der Waals surface area contributed by atoms with Gasteiger partial charge in [-0.05, 0) is 97.6 Å². The Kier molecular flexibility index (Phi) is 10.9. The third-order valence-corrected chi connectivity index (χ3v) is 7.48.